The second-order valence-corrected chi connectivity index (χ2v) is 18.3. The first-order chi connectivity index (χ1) is 28.1. The van der Waals surface area contributed by atoms with Crippen molar-refractivity contribution in [2.45, 2.75) is 128 Å². The second kappa shape index (κ2) is 15.1. The lowest BCUT2D eigenvalue weighted by Crippen LogP contribution is -2.78. The van der Waals surface area contributed by atoms with Crippen LogP contribution in [0.15, 0.2) is 71.8 Å². The Morgan fingerprint density at radius 2 is 1.53 bits per heavy atom. The average Bonchev–Trinajstić information content (AvgIpc) is 3.90. The largest absolute Gasteiger partial charge is 0.456 e. The van der Waals surface area contributed by atoms with Crippen molar-refractivity contribution in [1.29, 1.82) is 0 Å². The molecule has 2 aromatic carbocycles. The summed E-state index contributed by atoms with van der Waals surface area (Å²) in [6, 6.07) is 14.9. The van der Waals surface area contributed by atoms with Crippen LogP contribution in [0.4, 0.5) is 4.79 Å². The summed E-state index contributed by atoms with van der Waals surface area (Å²) in [5, 5.41) is 27.9. The van der Waals surface area contributed by atoms with Gasteiger partial charge >= 0.3 is 30.0 Å². The molecule has 3 saturated carbocycles. The molecule has 0 aromatic heterocycles. The highest BCUT2D eigenvalue weighted by Crippen LogP contribution is 2.74. The first-order valence-corrected chi connectivity index (χ1v) is 20.2. The molecule has 15 heteroatoms. The maximum Gasteiger partial charge on any atom is 0.408 e. The van der Waals surface area contributed by atoms with Crippen molar-refractivity contribution in [3.8, 4) is 0 Å². The van der Waals surface area contributed by atoms with Gasteiger partial charge in [0.05, 0.1) is 24.1 Å². The fourth-order valence-corrected chi connectivity index (χ4v) is 10.4. The number of hydrogen-bond donors (Lipinski definition) is 3. The molecule has 4 aliphatic carbocycles. The minimum Gasteiger partial charge on any atom is -0.456 e. The van der Waals surface area contributed by atoms with E-state index in [1.54, 1.807) is 90.1 Å². The molecule has 2 unspecified atom stereocenters. The van der Waals surface area contributed by atoms with Crippen LogP contribution in [-0.2, 0) is 47.6 Å². The molecule has 1 heterocycles. The van der Waals surface area contributed by atoms with Gasteiger partial charge in [-0.25, -0.2) is 14.4 Å². The summed E-state index contributed by atoms with van der Waals surface area (Å²) in [7, 11) is 0. The predicted octanol–water partition coefficient (Wildman–Crippen LogP) is 4.47. The quantitative estimate of drug-likeness (QED) is 0.181. The molecule has 0 radical (unpaired) electrons. The summed E-state index contributed by atoms with van der Waals surface area (Å²) in [6.07, 6.45) is -8.18. The molecular formula is C45H53NO14. The molecule has 2 aromatic rings. The molecule has 2 bridgehead atoms. The number of aliphatic hydroxyl groups is 2. The zero-order valence-electron chi connectivity index (χ0n) is 35.0. The molecule has 7 rings (SSSR count). The molecule has 5 aliphatic rings. The number of ether oxygens (including phenoxy) is 6. The van der Waals surface area contributed by atoms with E-state index in [9.17, 15) is 34.2 Å². The fraction of sp³-hybridized carbons (Fsp3) is 0.556. The van der Waals surface area contributed by atoms with Crippen molar-refractivity contribution in [2.75, 3.05) is 6.61 Å². The highest BCUT2D eigenvalue weighted by atomic mass is 16.6. The van der Waals surface area contributed by atoms with E-state index in [0.29, 0.717) is 12.0 Å². The second-order valence-electron chi connectivity index (χ2n) is 18.3. The van der Waals surface area contributed by atoms with E-state index >= 15 is 4.79 Å². The number of rotatable bonds is 9. The lowest BCUT2D eigenvalue weighted by Gasteiger charge is -2.64. The van der Waals surface area contributed by atoms with Gasteiger partial charge in [-0.1, -0.05) is 62.4 Å². The van der Waals surface area contributed by atoms with Crippen molar-refractivity contribution in [3.05, 3.63) is 82.9 Å². The average molecular weight is 832 g/mol. The lowest BCUT2D eigenvalue weighted by atomic mass is 9.48. The van der Waals surface area contributed by atoms with Crippen molar-refractivity contribution in [2.24, 2.45) is 22.7 Å². The van der Waals surface area contributed by atoms with E-state index in [-0.39, 0.29) is 35.7 Å². The molecule has 1 aliphatic heterocycles. The Morgan fingerprint density at radius 3 is 2.10 bits per heavy atom. The Kier molecular flexibility index (Phi) is 10.8. The van der Waals surface area contributed by atoms with Gasteiger partial charge < -0.3 is 44.0 Å². The summed E-state index contributed by atoms with van der Waals surface area (Å²) < 4.78 is 36.0. The zero-order chi connectivity index (χ0) is 43.7. The molecule has 11 atom stereocenters. The van der Waals surface area contributed by atoms with Crippen molar-refractivity contribution in [1.82, 2.24) is 5.32 Å². The van der Waals surface area contributed by atoms with Crippen molar-refractivity contribution in [3.63, 3.8) is 0 Å². The zero-order valence-corrected chi connectivity index (χ0v) is 35.0. The summed E-state index contributed by atoms with van der Waals surface area (Å²) >= 11 is 0. The summed E-state index contributed by atoms with van der Waals surface area (Å²) in [4.78, 5) is 82.8. The van der Waals surface area contributed by atoms with Crippen LogP contribution in [0.3, 0.4) is 0 Å². The van der Waals surface area contributed by atoms with Crippen LogP contribution in [0.25, 0.3) is 0 Å². The molecule has 1 saturated heterocycles. The van der Waals surface area contributed by atoms with Crippen LogP contribution >= 0.6 is 0 Å². The number of aliphatic hydroxyl groups excluding tert-OH is 1. The lowest BCUT2D eigenvalue weighted by molar-refractivity contribution is -0.323. The molecule has 1 amide bonds. The van der Waals surface area contributed by atoms with Gasteiger partial charge in [-0.2, -0.15) is 0 Å². The van der Waals surface area contributed by atoms with Gasteiger partial charge in [-0.05, 0) is 75.3 Å². The molecule has 4 fully saturated rings. The Bertz CT molecular complexity index is 2110. The summed E-state index contributed by atoms with van der Waals surface area (Å²) in [5.41, 5.74) is -6.79. The fourth-order valence-electron chi connectivity index (χ4n) is 10.4. The van der Waals surface area contributed by atoms with Gasteiger partial charge in [0.2, 0.25) is 0 Å². The van der Waals surface area contributed by atoms with Crippen LogP contribution in [0.5, 0.6) is 0 Å². The van der Waals surface area contributed by atoms with Crippen LogP contribution in [0.1, 0.15) is 96.6 Å². The Balaban J connectivity index is 1.37. The van der Waals surface area contributed by atoms with Crippen LogP contribution in [-0.4, -0.2) is 99.9 Å². The number of fused-ring (bicyclic) bond motifs is 4. The Morgan fingerprint density at radius 1 is 0.900 bits per heavy atom. The number of esters is 4. The third-order valence-electron chi connectivity index (χ3n) is 13.2. The van der Waals surface area contributed by atoms with E-state index in [2.05, 4.69) is 5.32 Å². The van der Waals surface area contributed by atoms with Crippen molar-refractivity contribution >= 4 is 35.8 Å². The van der Waals surface area contributed by atoms with E-state index in [4.69, 9.17) is 28.4 Å². The van der Waals surface area contributed by atoms with Crippen molar-refractivity contribution < 1.29 is 67.4 Å². The molecule has 322 valence electrons. The van der Waals surface area contributed by atoms with E-state index in [1.807, 2.05) is 0 Å². The van der Waals surface area contributed by atoms with Gasteiger partial charge in [-0.3, -0.25) is 14.4 Å². The standard InChI is InChI=1S/C45H53NO14/c1-23-29(57-39(52)33(49)32(26-15-11-9-12-16-26)46-40(53)60-41(4,5)6)21-45(54)37(58-38(51)27-17-13-10-14-18-27)35-43(36(50)34(56-24(2)47)31(23)42(45,7)8)20-28(43)19-30-44(35,22-55-30)59-25(3)48/h9-18,28-30,32-35,37,49,54H,19-22H2,1-8H3,(H,46,53)/t28-,29?,30-,32?,33-,34-,35+,37+,43-,44+,45-/m1/s1. The van der Waals surface area contributed by atoms with Gasteiger partial charge in [-0.15, -0.1) is 0 Å². The highest BCUT2D eigenvalue weighted by Gasteiger charge is 2.84. The number of carbonyl (C=O) groups is 6. The summed E-state index contributed by atoms with van der Waals surface area (Å²) in [6.45, 7) is 12.0. The number of carbonyl (C=O) groups excluding carboxylic acids is 6. The Hall–Kier alpha value is -5.12. The third kappa shape index (κ3) is 7.07. The molecular weight excluding hydrogens is 778 g/mol. The Labute approximate surface area is 348 Å². The summed E-state index contributed by atoms with van der Waals surface area (Å²) in [5.74, 6) is -5.65. The topological polar surface area (TPSA) is 210 Å². The molecule has 1 spiro atoms. The van der Waals surface area contributed by atoms with E-state index in [1.165, 1.54) is 19.1 Å². The van der Waals surface area contributed by atoms with Crippen LogP contribution in [0, 0.1) is 22.7 Å². The highest BCUT2D eigenvalue weighted by molar-refractivity contribution is 5.97. The molecule has 60 heavy (non-hydrogen) atoms. The van der Waals surface area contributed by atoms with Gasteiger partial charge in [0.15, 0.2) is 23.6 Å². The van der Waals surface area contributed by atoms with Crippen LogP contribution in [0.2, 0.25) is 0 Å². The van der Waals surface area contributed by atoms with Crippen LogP contribution < -0.4 is 5.32 Å². The number of ketones is 1. The maximum absolute atomic E-state index is 15.4. The minimum atomic E-state index is -2.25. The predicted molar refractivity (Wildman–Crippen MR) is 210 cm³/mol. The number of hydrogen-bond acceptors (Lipinski definition) is 14. The van der Waals surface area contributed by atoms with E-state index < -0.39 is 112 Å². The number of amides is 1. The number of benzene rings is 2. The maximum atomic E-state index is 15.4. The first-order valence-electron chi connectivity index (χ1n) is 20.2. The molecule has 3 N–H and O–H groups in total. The number of Topliss-reactive ketones (excluding diaryl/α,β-unsaturated/α-hetero) is 1. The number of alkyl carbamates (subject to hydrolysis) is 1. The third-order valence-corrected chi connectivity index (χ3v) is 13.2. The minimum absolute atomic E-state index is 0.128. The van der Waals surface area contributed by atoms with Gasteiger partial charge in [0, 0.05) is 31.1 Å². The van der Waals surface area contributed by atoms with E-state index in [0.717, 1.165) is 6.92 Å². The normalized spacial score (nSPS) is 33.3. The SMILES string of the molecule is CC(=O)O[C@H]1C(=O)[C@]23C[C@H]2C[C@H]2OC[C@@]2(OC(C)=O)[C@H]3[C@H](OC(=O)c2ccccc2)[C@]2(O)CC(OC(=O)[C@H](O)C(NC(=O)OC(C)(C)C)c3ccccc3)C(C)=C1C2(C)C. The van der Waals surface area contributed by atoms with Gasteiger partial charge in [0.25, 0.3) is 0 Å². The monoisotopic (exact) mass is 831 g/mol. The van der Waals surface area contributed by atoms with Gasteiger partial charge in [0.1, 0.15) is 29.5 Å². The first kappa shape index (κ1) is 43.0. The number of nitrogens with one attached hydrogen (secondary N) is 1. The molecule has 15 nitrogen and oxygen atoms in total. The smallest absolute Gasteiger partial charge is 0.408 e.